The van der Waals surface area contributed by atoms with E-state index in [1.807, 2.05) is 7.05 Å². The molecule has 0 saturated heterocycles. The predicted octanol–water partition coefficient (Wildman–Crippen LogP) is 2.14. The molecule has 1 rings (SSSR count). The van der Waals surface area contributed by atoms with Gasteiger partial charge in [-0.25, -0.2) is 9.97 Å². The molecule has 0 aliphatic rings. The summed E-state index contributed by atoms with van der Waals surface area (Å²) in [5.41, 5.74) is 2.26. The van der Waals surface area contributed by atoms with Gasteiger partial charge in [-0.05, 0) is 25.5 Å². The van der Waals surface area contributed by atoms with E-state index in [1.165, 1.54) is 0 Å². The fourth-order valence-corrected chi connectivity index (χ4v) is 1.55. The van der Waals surface area contributed by atoms with E-state index in [0.29, 0.717) is 12.0 Å². The highest BCUT2D eigenvalue weighted by Crippen LogP contribution is 2.12. The second-order valence-electron chi connectivity index (χ2n) is 4.19. The van der Waals surface area contributed by atoms with E-state index in [0.717, 1.165) is 24.2 Å². The molecule has 0 fully saturated rings. The van der Waals surface area contributed by atoms with Crippen molar-refractivity contribution in [3.63, 3.8) is 0 Å². The maximum Gasteiger partial charge on any atom is 0.115 e. The van der Waals surface area contributed by atoms with Crippen molar-refractivity contribution in [1.82, 2.24) is 15.3 Å². The SMILES string of the molecule is CCC(Cc1cc(C(C)C)ncn1)NC. The van der Waals surface area contributed by atoms with E-state index in [1.54, 1.807) is 6.33 Å². The van der Waals surface area contributed by atoms with E-state index >= 15 is 0 Å². The van der Waals surface area contributed by atoms with Crippen molar-refractivity contribution in [1.29, 1.82) is 0 Å². The van der Waals surface area contributed by atoms with E-state index in [2.05, 4.69) is 42.1 Å². The third-order valence-electron chi connectivity index (χ3n) is 2.69. The second kappa shape index (κ2) is 5.81. The molecule has 0 amide bonds. The lowest BCUT2D eigenvalue weighted by Crippen LogP contribution is -2.27. The summed E-state index contributed by atoms with van der Waals surface area (Å²) in [6, 6.07) is 2.63. The smallest absolute Gasteiger partial charge is 0.115 e. The third-order valence-corrected chi connectivity index (χ3v) is 2.69. The number of nitrogens with one attached hydrogen (secondary N) is 1. The standard InChI is InChI=1S/C12H21N3/c1-5-10(13-4)6-11-7-12(9(2)3)15-8-14-11/h7-10,13H,5-6H2,1-4H3. The highest BCUT2D eigenvalue weighted by molar-refractivity contribution is 5.12. The minimum atomic E-state index is 0.474. The Kier molecular flexibility index (Phi) is 4.69. The Bertz CT molecular complexity index is 293. The molecule has 1 heterocycles. The van der Waals surface area contributed by atoms with Crippen LogP contribution in [0.3, 0.4) is 0 Å². The number of rotatable bonds is 5. The molecule has 1 atom stereocenters. The van der Waals surface area contributed by atoms with Crippen molar-refractivity contribution in [3.05, 3.63) is 23.8 Å². The molecule has 15 heavy (non-hydrogen) atoms. The van der Waals surface area contributed by atoms with Gasteiger partial charge in [0.15, 0.2) is 0 Å². The van der Waals surface area contributed by atoms with Gasteiger partial charge in [-0.15, -0.1) is 0 Å². The monoisotopic (exact) mass is 207 g/mol. The van der Waals surface area contributed by atoms with E-state index in [-0.39, 0.29) is 0 Å². The molecule has 0 aliphatic heterocycles. The molecule has 1 N–H and O–H groups in total. The molecule has 0 aliphatic carbocycles. The van der Waals surface area contributed by atoms with Crippen LogP contribution in [0.5, 0.6) is 0 Å². The van der Waals surface area contributed by atoms with Gasteiger partial charge in [-0.3, -0.25) is 0 Å². The molecule has 1 unspecified atom stereocenters. The molecule has 0 aromatic carbocycles. The molecule has 0 saturated carbocycles. The minimum absolute atomic E-state index is 0.474. The van der Waals surface area contributed by atoms with E-state index in [9.17, 15) is 0 Å². The Morgan fingerprint density at radius 3 is 2.60 bits per heavy atom. The fourth-order valence-electron chi connectivity index (χ4n) is 1.55. The number of likely N-dealkylation sites (N-methyl/N-ethyl adjacent to an activating group) is 1. The normalized spacial score (nSPS) is 13.1. The van der Waals surface area contributed by atoms with Crippen molar-refractivity contribution in [2.75, 3.05) is 7.05 Å². The Morgan fingerprint density at radius 1 is 1.33 bits per heavy atom. The molecular weight excluding hydrogens is 186 g/mol. The van der Waals surface area contributed by atoms with Gasteiger partial charge in [0.05, 0.1) is 0 Å². The number of hydrogen-bond acceptors (Lipinski definition) is 3. The third kappa shape index (κ3) is 3.59. The van der Waals surface area contributed by atoms with Gasteiger partial charge in [-0.1, -0.05) is 20.8 Å². The zero-order valence-electron chi connectivity index (χ0n) is 10.1. The van der Waals surface area contributed by atoms with Crippen LogP contribution in [0.2, 0.25) is 0 Å². The highest BCUT2D eigenvalue weighted by Gasteiger charge is 2.07. The first-order chi connectivity index (χ1) is 7.17. The Labute approximate surface area is 92.3 Å². The van der Waals surface area contributed by atoms with Gasteiger partial charge >= 0.3 is 0 Å². The van der Waals surface area contributed by atoms with Crippen LogP contribution in [0.15, 0.2) is 12.4 Å². The van der Waals surface area contributed by atoms with Crippen LogP contribution < -0.4 is 5.32 Å². The van der Waals surface area contributed by atoms with Gasteiger partial charge in [0.1, 0.15) is 6.33 Å². The Morgan fingerprint density at radius 2 is 2.07 bits per heavy atom. The lowest BCUT2D eigenvalue weighted by Gasteiger charge is -2.13. The molecule has 3 heteroatoms. The summed E-state index contributed by atoms with van der Waals surface area (Å²) in [6.07, 6.45) is 3.78. The summed E-state index contributed by atoms with van der Waals surface area (Å²) in [7, 11) is 2.00. The van der Waals surface area contributed by atoms with Gasteiger partial charge in [0.25, 0.3) is 0 Å². The van der Waals surface area contributed by atoms with Gasteiger partial charge in [-0.2, -0.15) is 0 Å². The van der Waals surface area contributed by atoms with Crippen molar-refractivity contribution < 1.29 is 0 Å². The molecule has 0 bridgehead atoms. The summed E-state index contributed by atoms with van der Waals surface area (Å²) >= 11 is 0. The van der Waals surface area contributed by atoms with Crippen LogP contribution >= 0.6 is 0 Å². The maximum atomic E-state index is 4.31. The van der Waals surface area contributed by atoms with Crippen LogP contribution in [-0.4, -0.2) is 23.1 Å². The van der Waals surface area contributed by atoms with Crippen LogP contribution in [0.25, 0.3) is 0 Å². The maximum absolute atomic E-state index is 4.31. The topological polar surface area (TPSA) is 37.8 Å². The number of aromatic nitrogens is 2. The van der Waals surface area contributed by atoms with Crippen LogP contribution in [0.4, 0.5) is 0 Å². The van der Waals surface area contributed by atoms with Crippen molar-refractivity contribution in [2.45, 2.75) is 45.6 Å². The predicted molar refractivity (Wildman–Crippen MR) is 63.0 cm³/mol. The van der Waals surface area contributed by atoms with Crippen LogP contribution in [0.1, 0.15) is 44.5 Å². The van der Waals surface area contributed by atoms with Crippen molar-refractivity contribution in [3.8, 4) is 0 Å². The summed E-state index contributed by atoms with van der Waals surface area (Å²) in [6.45, 7) is 6.49. The lowest BCUT2D eigenvalue weighted by molar-refractivity contribution is 0.536. The van der Waals surface area contributed by atoms with Gasteiger partial charge < -0.3 is 5.32 Å². The van der Waals surface area contributed by atoms with Gasteiger partial charge in [0.2, 0.25) is 0 Å². The molecule has 1 aromatic heterocycles. The lowest BCUT2D eigenvalue weighted by atomic mass is 10.1. The molecule has 3 nitrogen and oxygen atoms in total. The average molecular weight is 207 g/mol. The quantitative estimate of drug-likeness (QED) is 0.804. The first-order valence-corrected chi connectivity index (χ1v) is 5.65. The van der Waals surface area contributed by atoms with Crippen LogP contribution in [0, 0.1) is 0 Å². The molecular formula is C12H21N3. The van der Waals surface area contributed by atoms with E-state index in [4.69, 9.17) is 0 Å². The molecule has 84 valence electrons. The summed E-state index contributed by atoms with van der Waals surface area (Å²) in [5.74, 6) is 0.474. The molecule has 0 spiro atoms. The summed E-state index contributed by atoms with van der Waals surface area (Å²) in [5, 5.41) is 3.29. The zero-order chi connectivity index (χ0) is 11.3. The summed E-state index contributed by atoms with van der Waals surface area (Å²) < 4.78 is 0. The van der Waals surface area contributed by atoms with Crippen LogP contribution in [-0.2, 0) is 6.42 Å². The van der Waals surface area contributed by atoms with Crippen molar-refractivity contribution >= 4 is 0 Å². The first kappa shape index (κ1) is 12.1. The Balaban J connectivity index is 2.72. The second-order valence-corrected chi connectivity index (χ2v) is 4.19. The van der Waals surface area contributed by atoms with Crippen molar-refractivity contribution in [2.24, 2.45) is 0 Å². The van der Waals surface area contributed by atoms with Gasteiger partial charge in [0, 0.05) is 23.9 Å². The first-order valence-electron chi connectivity index (χ1n) is 5.65. The minimum Gasteiger partial charge on any atom is -0.317 e. The number of hydrogen-bond donors (Lipinski definition) is 1. The highest BCUT2D eigenvalue weighted by atomic mass is 14.9. The summed E-state index contributed by atoms with van der Waals surface area (Å²) in [4.78, 5) is 8.57. The fraction of sp³-hybridized carbons (Fsp3) is 0.667. The van der Waals surface area contributed by atoms with E-state index < -0.39 is 0 Å². The molecule has 0 radical (unpaired) electrons. The zero-order valence-corrected chi connectivity index (χ0v) is 10.1. The largest absolute Gasteiger partial charge is 0.317 e. The average Bonchev–Trinajstić information content (AvgIpc) is 2.26. The number of nitrogens with zero attached hydrogens (tertiary/aromatic N) is 2. The molecule has 1 aromatic rings. The Hall–Kier alpha value is -0.960.